The van der Waals surface area contributed by atoms with E-state index in [1.165, 1.54) is 38.5 Å². The maximum absolute atomic E-state index is 12.5. The summed E-state index contributed by atoms with van der Waals surface area (Å²) in [6, 6.07) is 5.50. The molecule has 7 heteroatoms. The van der Waals surface area contributed by atoms with E-state index in [1.54, 1.807) is 0 Å². The van der Waals surface area contributed by atoms with E-state index in [0.29, 0.717) is 5.56 Å². The molecule has 0 amide bonds. The second kappa shape index (κ2) is 5.84. The van der Waals surface area contributed by atoms with Crippen molar-refractivity contribution in [1.29, 1.82) is 0 Å². The van der Waals surface area contributed by atoms with Crippen molar-refractivity contribution in [2.45, 2.75) is 12.5 Å². The summed E-state index contributed by atoms with van der Waals surface area (Å²) in [4.78, 5) is 12.5. The lowest BCUT2D eigenvalue weighted by Gasteiger charge is -2.27. The largest absolute Gasteiger partial charge is 0.508 e. The van der Waals surface area contributed by atoms with E-state index in [1.807, 2.05) is 0 Å². The van der Waals surface area contributed by atoms with Gasteiger partial charge >= 0.3 is 0 Å². The number of phenols is 3. The first-order valence-electron chi connectivity index (χ1n) is 7.16. The lowest BCUT2D eigenvalue weighted by Crippen LogP contribution is -2.21. The van der Waals surface area contributed by atoms with E-state index in [2.05, 4.69) is 0 Å². The number of ether oxygens (including phenoxy) is 3. The van der Waals surface area contributed by atoms with Crippen LogP contribution in [0.4, 0.5) is 0 Å². The Hall–Kier alpha value is -3.09. The van der Waals surface area contributed by atoms with Crippen molar-refractivity contribution >= 4 is 5.78 Å². The second-order valence-electron chi connectivity index (χ2n) is 5.31. The fourth-order valence-corrected chi connectivity index (χ4v) is 2.76. The third kappa shape index (κ3) is 2.44. The van der Waals surface area contributed by atoms with E-state index >= 15 is 0 Å². The van der Waals surface area contributed by atoms with Gasteiger partial charge in [0.15, 0.2) is 17.3 Å². The number of aromatic hydroxyl groups is 3. The van der Waals surface area contributed by atoms with E-state index in [4.69, 9.17) is 14.2 Å². The summed E-state index contributed by atoms with van der Waals surface area (Å²) in [6.45, 7) is 0. The first-order valence-corrected chi connectivity index (χ1v) is 7.16. The zero-order chi connectivity index (χ0) is 17.4. The molecule has 0 spiro atoms. The summed E-state index contributed by atoms with van der Waals surface area (Å²) in [5.41, 5.74) is 0.378. The lowest BCUT2D eigenvalue weighted by atomic mass is 9.94. The number of methoxy groups -OCH3 is 2. The van der Waals surface area contributed by atoms with Crippen molar-refractivity contribution < 1.29 is 34.3 Å². The van der Waals surface area contributed by atoms with Crippen LogP contribution >= 0.6 is 0 Å². The van der Waals surface area contributed by atoms with Crippen LogP contribution in [0.15, 0.2) is 24.3 Å². The van der Waals surface area contributed by atoms with E-state index in [-0.39, 0.29) is 52.3 Å². The molecule has 0 radical (unpaired) electrons. The molecule has 0 aliphatic carbocycles. The van der Waals surface area contributed by atoms with Crippen LogP contribution in [0.2, 0.25) is 0 Å². The van der Waals surface area contributed by atoms with Gasteiger partial charge in [-0.2, -0.15) is 0 Å². The number of carbonyl (C=O) groups is 1. The summed E-state index contributed by atoms with van der Waals surface area (Å²) < 4.78 is 16.0. The smallest absolute Gasteiger partial charge is 0.204 e. The van der Waals surface area contributed by atoms with Gasteiger partial charge in [-0.05, 0) is 12.1 Å². The fourth-order valence-electron chi connectivity index (χ4n) is 2.76. The monoisotopic (exact) mass is 332 g/mol. The first-order chi connectivity index (χ1) is 11.5. The first kappa shape index (κ1) is 15.8. The molecule has 1 aliphatic rings. The maximum atomic E-state index is 12.5. The molecule has 7 nitrogen and oxygen atoms in total. The molecule has 126 valence electrons. The van der Waals surface area contributed by atoms with Crippen molar-refractivity contribution in [3.8, 4) is 34.5 Å². The number of fused-ring (bicyclic) bond motifs is 1. The molecule has 3 rings (SSSR count). The van der Waals surface area contributed by atoms with Crippen LogP contribution in [0.5, 0.6) is 34.5 Å². The molecule has 2 aromatic carbocycles. The predicted molar refractivity (Wildman–Crippen MR) is 83.3 cm³/mol. The van der Waals surface area contributed by atoms with Crippen LogP contribution in [0.25, 0.3) is 0 Å². The quantitative estimate of drug-likeness (QED) is 0.793. The highest BCUT2D eigenvalue weighted by atomic mass is 16.5. The topological polar surface area (TPSA) is 105 Å². The van der Waals surface area contributed by atoms with Gasteiger partial charge in [-0.1, -0.05) is 0 Å². The number of hydrogen-bond donors (Lipinski definition) is 3. The molecule has 2 aromatic rings. The van der Waals surface area contributed by atoms with Crippen molar-refractivity contribution in [3.63, 3.8) is 0 Å². The predicted octanol–water partition coefficient (Wildman–Crippen LogP) is 2.53. The Morgan fingerprint density at radius 1 is 1.12 bits per heavy atom. The summed E-state index contributed by atoms with van der Waals surface area (Å²) in [7, 11) is 2.76. The van der Waals surface area contributed by atoms with Crippen LogP contribution in [-0.2, 0) is 0 Å². The average molecular weight is 332 g/mol. The van der Waals surface area contributed by atoms with Gasteiger partial charge in [-0.3, -0.25) is 4.79 Å². The SMILES string of the molecule is COc1cc2c(c(O)c1OC)C(=O)CC(c1ccc(O)cc1O)O2. The highest BCUT2D eigenvalue weighted by molar-refractivity contribution is 6.03. The molecule has 3 N–H and O–H groups in total. The molecule has 0 saturated carbocycles. The number of rotatable bonds is 3. The number of Topliss-reactive ketones (excluding diaryl/α,β-unsaturated/α-hetero) is 1. The Kier molecular flexibility index (Phi) is 3.84. The van der Waals surface area contributed by atoms with Gasteiger partial charge in [0, 0.05) is 17.7 Å². The van der Waals surface area contributed by atoms with Crippen LogP contribution in [-0.4, -0.2) is 35.3 Å². The van der Waals surface area contributed by atoms with E-state index in [0.717, 1.165) is 0 Å². The average Bonchev–Trinajstić information content (AvgIpc) is 2.53. The lowest BCUT2D eigenvalue weighted by molar-refractivity contribution is 0.0840. The molecule has 0 aromatic heterocycles. The summed E-state index contributed by atoms with van der Waals surface area (Å²) in [6.07, 6.45) is -0.822. The van der Waals surface area contributed by atoms with E-state index < -0.39 is 6.10 Å². The summed E-state index contributed by atoms with van der Waals surface area (Å²) in [5.74, 6) is -0.559. The van der Waals surface area contributed by atoms with Gasteiger partial charge in [0.2, 0.25) is 5.75 Å². The van der Waals surface area contributed by atoms with Crippen molar-refractivity contribution in [1.82, 2.24) is 0 Å². The zero-order valence-corrected chi connectivity index (χ0v) is 13.1. The normalized spacial score (nSPS) is 16.2. The Morgan fingerprint density at radius 3 is 2.50 bits per heavy atom. The number of phenolic OH excluding ortho intramolecular Hbond substituents is 3. The van der Waals surface area contributed by atoms with Crippen molar-refractivity contribution in [2.24, 2.45) is 0 Å². The minimum atomic E-state index is -0.747. The molecule has 0 bridgehead atoms. The molecule has 0 fully saturated rings. The third-order valence-corrected chi connectivity index (χ3v) is 3.89. The van der Waals surface area contributed by atoms with Crippen LogP contribution in [0.1, 0.15) is 28.4 Å². The molecule has 1 aliphatic heterocycles. The fraction of sp³-hybridized carbons (Fsp3) is 0.235. The van der Waals surface area contributed by atoms with Crippen molar-refractivity contribution in [2.75, 3.05) is 14.2 Å². The van der Waals surface area contributed by atoms with Gasteiger partial charge in [0.05, 0.1) is 20.6 Å². The molecule has 24 heavy (non-hydrogen) atoms. The van der Waals surface area contributed by atoms with Gasteiger partial charge in [0.25, 0.3) is 0 Å². The van der Waals surface area contributed by atoms with Crippen LogP contribution in [0, 0.1) is 0 Å². The number of hydrogen-bond acceptors (Lipinski definition) is 7. The van der Waals surface area contributed by atoms with Crippen LogP contribution in [0.3, 0.4) is 0 Å². The Balaban J connectivity index is 2.07. The summed E-state index contributed by atoms with van der Waals surface area (Å²) >= 11 is 0. The standard InChI is InChI=1S/C17H16O7/c1-22-14-7-13-15(16(21)17(14)23-2)11(20)6-12(24-13)9-4-3-8(18)5-10(9)19/h3-5,7,12,18-19,21H,6H2,1-2H3. The van der Waals surface area contributed by atoms with Gasteiger partial charge in [-0.15, -0.1) is 0 Å². The van der Waals surface area contributed by atoms with Crippen LogP contribution < -0.4 is 14.2 Å². The second-order valence-corrected chi connectivity index (χ2v) is 5.31. The van der Waals surface area contributed by atoms with Gasteiger partial charge in [-0.25, -0.2) is 0 Å². The van der Waals surface area contributed by atoms with Gasteiger partial charge < -0.3 is 29.5 Å². The minimum Gasteiger partial charge on any atom is -0.508 e. The molecule has 1 unspecified atom stereocenters. The maximum Gasteiger partial charge on any atom is 0.204 e. The Labute approximate surface area is 137 Å². The molecule has 0 saturated heterocycles. The highest BCUT2D eigenvalue weighted by Crippen LogP contribution is 2.49. The number of carbonyl (C=O) groups excluding carboxylic acids is 1. The minimum absolute atomic E-state index is 0.0159. The summed E-state index contributed by atoms with van der Waals surface area (Å²) in [5, 5.41) is 29.6. The Bertz CT molecular complexity index is 813. The molecule has 1 heterocycles. The molecular formula is C17H16O7. The molecular weight excluding hydrogens is 316 g/mol. The highest BCUT2D eigenvalue weighted by Gasteiger charge is 2.34. The Morgan fingerprint density at radius 2 is 1.88 bits per heavy atom. The number of benzene rings is 2. The number of ketones is 1. The third-order valence-electron chi connectivity index (χ3n) is 3.89. The van der Waals surface area contributed by atoms with Crippen molar-refractivity contribution in [3.05, 3.63) is 35.4 Å². The van der Waals surface area contributed by atoms with Gasteiger partial charge in [0.1, 0.15) is 28.9 Å². The molecule has 1 atom stereocenters. The zero-order valence-electron chi connectivity index (χ0n) is 13.1. The van der Waals surface area contributed by atoms with E-state index in [9.17, 15) is 20.1 Å².